The monoisotopic (exact) mass is 180 g/mol. The zero-order valence-corrected chi connectivity index (χ0v) is 7.40. The molecule has 1 aromatic carbocycles. The topological polar surface area (TPSA) is 49.7 Å². The predicted molar refractivity (Wildman–Crippen MR) is 47.7 cm³/mol. The molecule has 0 heterocycles. The lowest BCUT2D eigenvalue weighted by Gasteiger charge is -2.07. The molecule has 0 unspecified atom stereocenters. The summed E-state index contributed by atoms with van der Waals surface area (Å²) in [5.41, 5.74) is 1.78. The van der Waals surface area contributed by atoms with E-state index in [9.17, 15) is 10.2 Å². The van der Waals surface area contributed by atoms with Crippen LogP contribution in [0.15, 0.2) is 18.2 Å². The molecule has 0 aliphatic heterocycles. The maximum Gasteiger partial charge on any atom is 0.119 e. The van der Waals surface area contributed by atoms with Crippen molar-refractivity contribution in [3.05, 3.63) is 29.3 Å². The van der Waals surface area contributed by atoms with Gasteiger partial charge in [0.25, 0.3) is 0 Å². The molecule has 1 aromatic rings. The van der Waals surface area contributed by atoms with Crippen LogP contribution in [0.25, 0.3) is 0 Å². The van der Waals surface area contributed by atoms with Crippen molar-refractivity contribution >= 4 is 0 Å². The Hall–Kier alpha value is -1.06. The summed E-state index contributed by atoms with van der Waals surface area (Å²) < 4.78 is 5.05. The second-order valence-electron chi connectivity index (χ2n) is 3.28. The highest BCUT2D eigenvalue weighted by atomic mass is 16.5. The molecule has 0 amide bonds. The molecule has 0 bridgehead atoms. The number of aliphatic hydroxyl groups is 2. The summed E-state index contributed by atoms with van der Waals surface area (Å²) >= 11 is 0. The normalized spacial score (nSPS) is 25.8. The van der Waals surface area contributed by atoms with Gasteiger partial charge < -0.3 is 14.9 Å². The Labute approximate surface area is 76.6 Å². The van der Waals surface area contributed by atoms with Crippen LogP contribution >= 0.6 is 0 Å². The molecule has 0 fully saturated rings. The Morgan fingerprint density at radius 2 is 2.15 bits per heavy atom. The molecule has 0 spiro atoms. The van der Waals surface area contributed by atoms with Gasteiger partial charge in [0, 0.05) is 6.42 Å². The van der Waals surface area contributed by atoms with Crippen LogP contribution in [0, 0.1) is 0 Å². The average molecular weight is 180 g/mol. The number of ether oxygens (including phenoxy) is 1. The smallest absolute Gasteiger partial charge is 0.119 e. The number of hydrogen-bond donors (Lipinski definition) is 2. The standard InChI is InChI=1S/C10H12O3/c1-13-7-2-3-8-6(4-7)5-9(11)10(8)12/h2-4,9-12H,5H2,1H3/t9-,10+/m0/s1. The first kappa shape index (κ1) is 8.53. The van der Waals surface area contributed by atoms with E-state index in [4.69, 9.17) is 4.74 Å². The van der Waals surface area contributed by atoms with Gasteiger partial charge >= 0.3 is 0 Å². The van der Waals surface area contributed by atoms with Crippen molar-refractivity contribution < 1.29 is 14.9 Å². The number of methoxy groups -OCH3 is 1. The lowest BCUT2D eigenvalue weighted by atomic mass is 10.1. The molecule has 70 valence electrons. The molecule has 0 saturated heterocycles. The van der Waals surface area contributed by atoms with Crippen LogP contribution in [0.2, 0.25) is 0 Å². The molecule has 0 aromatic heterocycles. The van der Waals surface area contributed by atoms with Gasteiger partial charge in [-0.2, -0.15) is 0 Å². The zero-order chi connectivity index (χ0) is 9.42. The van der Waals surface area contributed by atoms with E-state index in [1.165, 1.54) is 0 Å². The van der Waals surface area contributed by atoms with Crippen molar-refractivity contribution in [1.29, 1.82) is 0 Å². The minimum absolute atomic E-state index is 0.508. The number of fused-ring (bicyclic) bond motifs is 1. The SMILES string of the molecule is COc1ccc2c(c1)C[C@H](O)[C@@H]2O. The van der Waals surface area contributed by atoms with E-state index < -0.39 is 12.2 Å². The second-order valence-corrected chi connectivity index (χ2v) is 3.28. The first-order valence-corrected chi connectivity index (χ1v) is 4.25. The van der Waals surface area contributed by atoms with E-state index in [-0.39, 0.29) is 0 Å². The molecule has 0 radical (unpaired) electrons. The highest BCUT2D eigenvalue weighted by Gasteiger charge is 2.29. The van der Waals surface area contributed by atoms with Gasteiger partial charge in [-0.25, -0.2) is 0 Å². The Kier molecular flexibility index (Phi) is 1.98. The van der Waals surface area contributed by atoms with Crippen molar-refractivity contribution in [2.75, 3.05) is 7.11 Å². The largest absolute Gasteiger partial charge is 0.497 e. The van der Waals surface area contributed by atoms with E-state index in [2.05, 4.69) is 0 Å². The van der Waals surface area contributed by atoms with Crippen LogP contribution < -0.4 is 4.74 Å². The molecule has 0 saturated carbocycles. The lowest BCUT2D eigenvalue weighted by molar-refractivity contribution is 0.0326. The molecular formula is C10H12O3. The zero-order valence-electron chi connectivity index (χ0n) is 7.40. The highest BCUT2D eigenvalue weighted by molar-refractivity contribution is 5.41. The van der Waals surface area contributed by atoms with Gasteiger partial charge in [-0.3, -0.25) is 0 Å². The third kappa shape index (κ3) is 1.30. The van der Waals surface area contributed by atoms with Crippen LogP contribution in [-0.4, -0.2) is 23.4 Å². The molecule has 2 N–H and O–H groups in total. The van der Waals surface area contributed by atoms with Crippen molar-refractivity contribution in [3.8, 4) is 5.75 Å². The summed E-state index contributed by atoms with van der Waals surface area (Å²) in [6, 6.07) is 5.45. The van der Waals surface area contributed by atoms with E-state index >= 15 is 0 Å². The van der Waals surface area contributed by atoms with E-state index in [0.717, 1.165) is 16.9 Å². The summed E-state index contributed by atoms with van der Waals surface area (Å²) in [4.78, 5) is 0. The van der Waals surface area contributed by atoms with Crippen LogP contribution in [0.5, 0.6) is 5.75 Å². The van der Waals surface area contributed by atoms with Gasteiger partial charge in [-0.15, -0.1) is 0 Å². The lowest BCUT2D eigenvalue weighted by Crippen LogP contribution is -2.11. The van der Waals surface area contributed by atoms with Gasteiger partial charge in [-0.05, 0) is 23.3 Å². The van der Waals surface area contributed by atoms with Crippen LogP contribution in [0.4, 0.5) is 0 Å². The fourth-order valence-corrected chi connectivity index (χ4v) is 1.72. The van der Waals surface area contributed by atoms with Crippen LogP contribution in [0.1, 0.15) is 17.2 Å². The molecular weight excluding hydrogens is 168 g/mol. The van der Waals surface area contributed by atoms with Gasteiger partial charge in [0.15, 0.2) is 0 Å². The van der Waals surface area contributed by atoms with Crippen molar-refractivity contribution in [1.82, 2.24) is 0 Å². The Balaban J connectivity index is 2.40. The van der Waals surface area contributed by atoms with Crippen molar-refractivity contribution in [2.45, 2.75) is 18.6 Å². The number of aliphatic hydroxyl groups excluding tert-OH is 2. The fourth-order valence-electron chi connectivity index (χ4n) is 1.72. The minimum Gasteiger partial charge on any atom is -0.497 e. The summed E-state index contributed by atoms with van der Waals surface area (Å²) in [6.07, 6.45) is -0.892. The quantitative estimate of drug-likeness (QED) is 0.667. The average Bonchev–Trinajstić information content (AvgIpc) is 2.42. The Bertz CT molecular complexity index is 322. The van der Waals surface area contributed by atoms with E-state index in [1.807, 2.05) is 6.07 Å². The number of rotatable bonds is 1. The van der Waals surface area contributed by atoms with Gasteiger partial charge in [0.1, 0.15) is 11.9 Å². The molecule has 2 atom stereocenters. The third-order valence-electron chi connectivity index (χ3n) is 2.46. The molecule has 2 rings (SSSR count). The molecule has 1 aliphatic rings. The highest BCUT2D eigenvalue weighted by Crippen LogP contribution is 2.33. The van der Waals surface area contributed by atoms with E-state index in [0.29, 0.717) is 6.42 Å². The minimum atomic E-state index is -0.735. The van der Waals surface area contributed by atoms with Gasteiger partial charge in [0.2, 0.25) is 0 Å². The van der Waals surface area contributed by atoms with Gasteiger partial charge in [0.05, 0.1) is 13.2 Å². The molecule has 1 aliphatic carbocycles. The number of benzene rings is 1. The summed E-state index contributed by atoms with van der Waals surface area (Å²) in [5.74, 6) is 0.764. The molecule has 3 heteroatoms. The molecule has 13 heavy (non-hydrogen) atoms. The number of hydrogen-bond acceptors (Lipinski definition) is 3. The summed E-state index contributed by atoms with van der Waals surface area (Å²) in [7, 11) is 1.60. The Morgan fingerprint density at radius 3 is 2.85 bits per heavy atom. The van der Waals surface area contributed by atoms with Crippen LogP contribution in [-0.2, 0) is 6.42 Å². The maximum absolute atomic E-state index is 9.52. The maximum atomic E-state index is 9.52. The predicted octanol–water partition coefficient (Wildman–Crippen LogP) is 0.646. The van der Waals surface area contributed by atoms with E-state index in [1.54, 1.807) is 19.2 Å². The third-order valence-corrected chi connectivity index (χ3v) is 2.46. The van der Waals surface area contributed by atoms with Crippen molar-refractivity contribution in [2.24, 2.45) is 0 Å². The van der Waals surface area contributed by atoms with Crippen LogP contribution in [0.3, 0.4) is 0 Å². The second kappa shape index (κ2) is 3.01. The fraction of sp³-hybridized carbons (Fsp3) is 0.400. The van der Waals surface area contributed by atoms with Gasteiger partial charge in [-0.1, -0.05) is 6.07 Å². The van der Waals surface area contributed by atoms with Crippen molar-refractivity contribution in [3.63, 3.8) is 0 Å². The first-order chi connectivity index (χ1) is 6.22. The summed E-state index contributed by atoms with van der Waals surface area (Å²) in [6.45, 7) is 0. The molecule has 3 nitrogen and oxygen atoms in total. The Morgan fingerprint density at radius 1 is 1.38 bits per heavy atom. The summed E-state index contributed by atoms with van der Waals surface area (Å²) in [5, 5.41) is 18.9. The first-order valence-electron chi connectivity index (χ1n) is 4.25.